The molecule has 1 aliphatic heterocycles. The molecule has 1 aliphatic rings. The van der Waals surface area contributed by atoms with Crippen LogP contribution in [0.15, 0.2) is 10.6 Å². The quantitative estimate of drug-likeness (QED) is 0.637. The highest BCUT2D eigenvalue weighted by molar-refractivity contribution is 6.33. The zero-order valence-electron chi connectivity index (χ0n) is 7.39. The third-order valence-electron chi connectivity index (χ3n) is 1.96. The smallest absolute Gasteiger partial charge is 0.335 e. The maximum absolute atomic E-state index is 11.1. The van der Waals surface area contributed by atoms with Crippen molar-refractivity contribution in [3.8, 4) is 0 Å². The number of halogens is 1. The van der Waals surface area contributed by atoms with Gasteiger partial charge < -0.3 is 4.74 Å². The molecule has 1 unspecified atom stereocenters. The second-order valence-electron chi connectivity index (χ2n) is 2.98. The lowest BCUT2D eigenvalue weighted by Crippen LogP contribution is -2.04. The molecule has 0 saturated carbocycles. The molecule has 1 atom stereocenters. The molecule has 0 fully saturated rings. The molecule has 68 valence electrons. The fourth-order valence-corrected chi connectivity index (χ4v) is 1.42. The first-order valence-corrected chi connectivity index (χ1v) is 4.64. The average Bonchev–Trinajstić information content (AvgIpc) is 2.25. The summed E-state index contributed by atoms with van der Waals surface area (Å²) in [5.74, 6) is -0.235. The molecular formula is C9H13ClO2. The summed E-state index contributed by atoms with van der Waals surface area (Å²) >= 11 is 5.89. The number of unbranched alkanes of at least 4 members (excludes halogenated alkanes) is 1. The predicted octanol–water partition coefficient (Wildman–Crippen LogP) is 2.61. The van der Waals surface area contributed by atoms with Crippen LogP contribution in [0.4, 0.5) is 0 Å². The Kier molecular flexibility index (Phi) is 3.15. The lowest BCUT2D eigenvalue weighted by molar-refractivity contribution is -0.139. The summed E-state index contributed by atoms with van der Waals surface area (Å²) < 4.78 is 4.94. The number of rotatable bonds is 3. The molecule has 0 aromatic rings. The van der Waals surface area contributed by atoms with Gasteiger partial charge in [-0.25, -0.2) is 4.79 Å². The summed E-state index contributed by atoms with van der Waals surface area (Å²) in [6, 6.07) is 0. The van der Waals surface area contributed by atoms with Gasteiger partial charge in [0.25, 0.3) is 0 Å². The number of hydrogen-bond acceptors (Lipinski definition) is 2. The van der Waals surface area contributed by atoms with E-state index in [1.54, 1.807) is 6.92 Å². The number of carbonyl (C=O) groups is 1. The molecule has 12 heavy (non-hydrogen) atoms. The van der Waals surface area contributed by atoms with Crippen molar-refractivity contribution in [2.45, 2.75) is 39.2 Å². The van der Waals surface area contributed by atoms with E-state index in [2.05, 4.69) is 6.92 Å². The molecule has 0 radical (unpaired) electrons. The standard InChI is InChI=1S/C9H13ClO2/c1-3-4-5-7-8(10)6(2)12-9(7)11/h6H,3-5H2,1-2H3. The van der Waals surface area contributed by atoms with Crippen molar-refractivity contribution >= 4 is 17.6 Å². The van der Waals surface area contributed by atoms with Gasteiger partial charge in [-0.1, -0.05) is 24.9 Å². The Morgan fingerprint density at radius 3 is 2.67 bits per heavy atom. The Morgan fingerprint density at radius 1 is 1.58 bits per heavy atom. The lowest BCUT2D eigenvalue weighted by Gasteiger charge is -1.99. The van der Waals surface area contributed by atoms with Crippen LogP contribution in [0.3, 0.4) is 0 Å². The lowest BCUT2D eigenvalue weighted by atomic mass is 10.1. The summed E-state index contributed by atoms with van der Waals surface area (Å²) in [5, 5.41) is 0.591. The van der Waals surface area contributed by atoms with Crippen LogP contribution in [0.5, 0.6) is 0 Å². The van der Waals surface area contributed by atoms with Crippen LogP contribution in [0, 0.1) is 0 Å². The Labute approximate surface area is 77.5 Å². The Hall–Kier alpha value is -0.500. The Bertz CT molecular complexity index is 221. The van der Waals surface area contributed by atoms with Gasteiger partial charge in [0.05, 0.1) is 10.6 Å². The fraction of sp³-hybridized carbons (Fsp3) is 0.667. The van der Waals surface area contributed by atoms with E-state index in [-0.39, 0.29) is 12.1 Å². The molecule has 0 aliphatic carbocycles. The minimum absolute atomic E-state index is 0.231. The van der Waals surface area contributed by atoms with Gasteiger partial charge in [0.1, 0.15) is 6.10 Å². The van der Waals surface area contributed by atoms with Crippen LogP contribution < -0.4 is 0 Å². The van der Waals surface area contributed by atoms with E-state index < -0.39 is 0 Å². The minimum Gasteiger partial charge on any atom is -0.453 e. The molecule has 0 spiro atoms. The van der Waals surface area contributed by atoms with Crippen molar-refractivity contribution in [1.82, 2.24) is 0 Å². The van der Waals surface area contributed by atoms with Crippen molar-refractivity contribution in [2.24, 2.45) is 0 Å². The van der Waals surface area contributed by atoms with Crippen LogP contribution >= 0.6 is 11.6 Å². The van der Waals surface area contributed by atoms with Gasteiger partial charge in [0.15, 0.2) is 0 Å². The molecule has 3 heteroatoms. The maximum Gasteiger partial charge on any atom is 0.335 e. The number of esters is 1. The van der Waals surface area contributed by atoms with Crippen molar-refractivity contribution in [1.29, 1.82) is 0 Å². The monoisotopic (exact) mass is 188 g/mol. The number of cyclic esters (lactones) is 1. The highest BCUT2D eigenvalue weighted by atomic mass is 35.5. The van der Waals surface area contributed by atoms with Gasteiger partial charge in [-0.05, 0) is 19.8 Å². The van der Waals surface area contributed by atoms with Gasteiger partial charge in [-0.2, -0.15) is 0 Å². The van der Waals surface area contributed by atoms with E-state index in [1.165, 1.54) is 0 Å². The van der Waals surface area contributed by atoms with Gasteiger partial charge in [-0.15, -0.1) is 0 Å². The molecular weight excluding hydrogens is 176 g/mol. The third kappa shape index (κ3) is 1.81. The van der Waals surface area contributed by atoms with Gasteiger partial charge in [0, 0.05) is 0 Å². The molecule has 0 amide bonds. The minimum atomic E-state index is -0.235. The number of carbonyl (C=O) groups excluding carboxylic acids is 1. The van der Waals surface area contributed by atoms with Gasteiger partial charge >= 0.3 is 5.97 Å². The van der Waals surface area contributed by atoms with Crippen molar-refractivity contribution < 1.29 is 9.53 Å². The summed E-state index contributed by atoms with van der Waals surface area (Å²) in [4.78, 5) is 11.1. The van der Waals surface area contributed by atoms with E-state index in [0.29, 0.717) is 10.6 Å². The van der Waals surface area contributed by atoms with E-state index in [4.69, 9.17) is 16.3 Å². The molecule has 0 aromatic carbocycles. The van der Waals surface area contributed by atoms with Crippen molar-refractivity contribution in [3.05, 3.63) is 10.6 Å². The van der Waals surface area contributed by atoms with Crippen LogP contribution in [-0.2, 0) is 9.53 Å². The Balaban J connectivity index is 2.65. The molecule has 1 heterocycles. The molecule has 0 saturated heterocycles. The molecule has 1 rings (SSSR count). The highest BCUT2D eigenvalue weighted by Gasteiger charge is 2.28. The highest BCUT2D eigenvalue weighted by Crippen LogP contribution is 2.28. The molecule has 0 N–H and O–H groups in total. The molecule has 0 bridgehead atoms. The van der Waals surface area contributed by atoms with E-state index in [1.807, 2.05) is 0 Å². The second kappa shape index (κ2) is 3.94. The van der Waals surface area contributed by atoms with Crippen LogP contribution in [0.1, 0.15) is 33.1 Å². The SMILES string of the molecule is CCCCC1=C(Cl)C(C)OC1=O. The number of ether oxygens (including phenoxy) is 1. The fourth-order valence-electron chi connectivity index (χ4n) is 1.20. The summed E-state index contributed by atoms with van der Waals surface area (Å²) in [6.45, 7) is 3.87. The van der Waals surface area contributed by atoms with Gasteiger partial charge in [-0.3, -0.25) is 0 Å². The zero-order chi connectivity index (χ0) is 9.14. The predicted molar refractivity (Wildman–Crippen MR) is 48.0 cm³/mol. The zero-order valence-corrected chi connectivity index (χ0v) is 8.15. The van der Waals surface area contributed by atoms with E-state index in [0.717, 1.165) is 19.3 Å². The topological polar surface area (TPSA) is 26.3 Å². The van der Waals surface area contributed by atoms with Crippen molar-refractivity contribution in [2.75, 3.05) is 0 Å². The summed E-state index contributed by atoms with van der Waals surface area (Å²) in [5.41, 5.74) is 0.672. The van der Waals surface area contributed by atoms with Crippen molar-refractivity contribution in [3.63, 3.8) is 0 Å². The normalized spacial score (nSPS) is 23.2. The summed E-state index contributed by atoms with van der Waals surface area (Å²) in [6.07, 6.45) is 2.58. The first kappa shape index (κ1) is 9.59. The van der Waals surface area contributed by atoms with E-state index in [9.17, 15) is 4.79 Å². The van der Waals surface area contributed by atoms with Gasteiger partial charge in [0.2, 0.25) is 0 Å². The maximum atomic E-state index is 11.1. The summed E-state index contributed by atoms with van der Waals surface area (Å²) in [7, 11) is 0. The molecule has 2 nitrogen and oxygen atoms in total. The number of hydrogen-bond donors (Lipinski definition) is 0. The van der Waals surface area contributed by atoms with Crippen LogP contribution in [0.2, 0.25) is 0 Å². The first-order valence-electron chi connectivity index (χ1n) is 4.26. The first-order chi connectivity index (χ1) is 5.66. The average molecular weight is 189 g/mol. The second-order valence-corrected chi connectivity index (χ2v) is 3.38. The van der Waals surface area contributed by atoms with Crippen LogP contribution in [-0.4, -0.2) is 12.1 Å². The van der Waals surface area contributed by atoms with E-state index >= 15 is 0 Å². The molecule has 0 aromatic heterocycles. The Morgan fingerprint density at radius 2 is 2.25 bits per heavy atom. The largest absolute Gasteiger partial charge is 0.453 e. The van der Waals surface area contributed by atoms with Crippen LogP contribution in [0.25, 0.3) is 0 Å². The third-order valence-corrected chi connectivity index (χ3v) is 2.49.